The molecule has 5 heteroatoms. The molecule has 0 bridgehead atoms. The van der Waals surface area contributed by atoms with Gasteiger partial charge >= 0.3 is 0 Å². The first-order valence-electron chi connectivity index (χ1n) is 6.99. The van der Waals surface area contributed by atoms with E-state index in [2.05, 4.69) is 11.9 Å². The third-order valence-corrected chi connectivity index (χ3v) is 3.42. The minimum absolute atomic E-state index is 0.0390. The first-order valence-corrected chi connectivity index (χ1v) is 6.99. The molecule has 1 rings (SSSR count). The molecule has 0 aliphatic heterocycles. The number of rotatable bonds is 5. The zero-order valence-electron chi connectivity index (χ0n) is 11.9. The van der Waals surface area contributed by atoms with Crippen LogP contribution in [0, 0.1) is 5.92 Å². The van der Waals surface area contributed by atoms with Gasteiger partial charge in [0.05, 0.1) is 0 Å². The molecule has 20 heavy (non-hydrogen) atoms. The number of nitrogens with one attached hydrogen (secondary N) is 1. The van der Waals surface area contributed by atoms with E-state index in [1.165, 1.54) is 6.08 Å². The van der Waals surface area contributed by atoms with Crippen LogP contribution in [0.4, 0.5) is 0 Å². The second-order valence-electron chi connectivity index (χ2n) is 5.14. The van der Waals surface area contributed by atoms with E-state index < -0.39 is 5.76 Å². The van der Waals surface area contributed by atoms with Crippen molar-refractivity contribution in [3.8, 4) is 0 Å². The molecular weight excluding hydrogens is 256 g/mol. The van der Waals surface area contributed by atoms with Crippen LogP contribution in [0.25, 0.3) is 0 Å². The zero-order chi connectivity index (χ0) is 15.1. The Balaban J connectivity index is 2.67. The highest BCUT2D eigenvalue weighted by molar-refractivity contribution is 5.81. The van der Waals surface area contributed by atoms with Crippen LogP contribution < -0.4 is 11.1 Å². The van der Waals surface area contributed by atoms with Crippen LogP contribution in [0.3, 0.4) is 0 Å². The smallest absolute Gasteiger partial charge is 0.227 e. The van der Waals surface area contributed by atoms with E-state index in [4.69, 9.17) is 10.8 Å². The predicted molar refractivity (Wildman–Crippen MR) is 78.9 cm³/mol. The number of hydrogen-bond acceptors (Lipinski definition) is 4. The maximum absolute atomic E-state index is 12.2. The molecule has 0 radical (unpaired) electrons. The zero-order valence-corrected chi connectivity index (χ0v) is 11.9. The van der Waals surface area contributed by atoms with Gasteiger partial charge < -0.3 is 21.3 Å². The van der Waals surface area contributed by atoms with Crippen LogP contribution in [-0.4, -0.2) is 22.2 Å². The third-order valence-electron chi connectivity index (χ3n) is 3.42. The van der Waals surface area contributed by atoms with E-state index in [-0.39, 0.29) is 23.6 Å². The summed E-state index contributed by atoms with van der Waals surface area (Å²) in [6.07, 6.45) is 7.07. The van der Waals surface area contributed by atoms with Gasteiger partial charge in [-0.2, -0.15) is 0 Å². The summed E-state index contributed by atoms with van der Waals surface area (Å²) >= 11 is 0. The van der Waals surface area contributed by atoms with Gasteiger partial charge in [-0.1, -0.05) is 19.6 Å². The first kappa shape index (κ1) is 16.3. The van der Waals surface area contributed by atoms with Crippen molar-refractivity contribution in [2.45, 2.75) is 45.1 Å². The molecule has 0 saturated heterocycles. The Morgan fingerprint density at radius 1 is 1.35 bits per heavy atom. The van der Waals surface area contributed by atoms with Gasteiger partial charge in [0.1, 0.15) is 5.76 Å². The molecule has 5 nitrogen and oxygen atoms in total. The number of aliphatic hydroxyl groups is 2. The lowest BCUT2D eigenvalue weighted by atomic mass is 9.86. The molecule has 0 aromatic heterocycles. The molecule has 0 atom stereocenters. The van der Waals surface area contributed by atoms with Crippen LogP contribution in [0.15, 0.2) is 35.9 Å². The molecular formula is C15H24N2O3. The van der Waals surface area contributed by atoms with Crippen molar-refractivity contribution in [1.82, 2.24) is 5.32 Å². The average molecular weight is 280 g/mol. The molecule has 1 aliphatic carbocycles. The quantitative estimate of drug-likeness (QED) is 0.459. The fourth-order valence-electron chi connectivity index (χ4n) is 2.22. The second-order valence-corrected chi connectivity index (χ2v) is 5.14. The summed E-state index contributed by atoms with van der Waals surface area (Å²) in [5, 5.41) is 21.3. The van der Waals surface area contributed by atoms with Gasteiger partial charge in [-0.05, 0) is 32.1 Å². The van der Waals surface area contributed by atoms with Crippen molar-refractivity contribution < 1.29 is 15.0 Å². The molecule has 5 N–H and O–H groups in total. The molecule has 1 aliphatic rings. The molecule has 0 unspecified atom stereocenters. The number of allylic oxidation sites excluding steroid dienone is 2. The Morgan fingerprint density at radius 2 is 1.95 bits per heavy atom. The van der Waals surface area contributed by atoms with E-state index in [1.54, 1.807) is 6.08 Å². The van der Waals surface area contributed by atoms with Gasteiger partial charge in [0.15, 0.2) is 5.76 Å². The third kappa shape index (κ3) is 5.09. The molecule has 112 valence electrons. The topological polar surface area (TPSA) is 95.6 Å². The maximum atomic E-state index is 12.2. The van der Waals surface area contributed by atoms with Crippen LogP contribution in [0.1, 0.15) is 39.0 Å². The number of hydrogen-bond donors (Lipinski definition) is 4. The normalized spacial score (nSPS) is 24.3. The Morgan fingerprint density at radius 3 is 2.45 bits per heavy atom. The molecule has 0 heterocycles. The lowest BCUT2D eigenvalue weighted by molar-refractivity contribution is -0.125. The van der Waals surface area contributed by atoms with Gasteiger partial charge in [-0.3, -0.25) is 4.79 Å². The van der Waals surface area contributed by atoms with Crippen molar-refractivity contribution in [2.75, 3.05) is 0 Å². The monoisotopic (exact) mass is 280 g/mol. The number of aliphatic hydroxyl groups excluding tert-OH is 2. The predicted octanol–water partition coefficient (Wildman–Crippen LogP) is 2.43. The molecule has 1 amide bonds. The highest BCUT2D eigenvalue weighted by Crippen LogP contribution is 2.23. The number of carbonyl (C=O) groups is 1. The Hall–Kier alpha value is -1.75. The summed E-state index contributed by atoms with van der Waals surface area (Å²) in [6, 6.07) is 0.200. The van der Waals surface area contributed by atoms with Crippen LogP contribution >= 0.6 is 0 Å². The van der Waals surface area contributed by atoms with Crippen LogP contribution in [0.5, 0.6) is 0 Å². The van der Waals surface area contributed by atoms with E-state index >= 15 is 0 Å². The number of nitrogens with two attached hydrogens (primary N) is 1. The highest BCUT2D eigenvalue weighted by Gasteiger charge is 2.24. The van der Waals surface area contributed by atoms with Crippen molar-refractivity contribution in [3.05, 3.63) is 35.9 Å². The van der Waals surface area contributed by atoms with Crippen LogP contribution in [-0.2, 0) is 4.79 Å². The lowest BCUT2D eigenvalue weighted by Gasteiger charge is -2.25. The number of carbonyl (C=O) groups excluding carboxylic acids is 1. The minimum Gasteiger partial charge on any atom is -0.505 e. The summed E-state index contributed by atoms with van der Waals surface area (Å²) in [4.78, 5) is 12.2. The minimum atomic E-state index is -0.426. The van der Waals surface area contributed by atoms with Crippen molar-refractivity contribution >= 4 is 5.91 Å². The van der Waals surface area contributed by atoms with Crippen molar-refractivity contribution in [3.63, 3.8) is 0 Å². The average Bonchev–Trinajstić information content (AvgIpc) is 2.39. The fourth-order valence-corrected chi connectivity index (χ4v) is 2.22. The van der Waals surface area contributed by atoms with Crippen molar-refractivity contribution in [2.24, 2.45) is 11.7 Å². The summed E-state index contributed by atoms with van der Waals surface area (Å²) in [6.45, 7) is 5.15. The summed E-state index contributed by atoms with van der Waals surface area (Å²) in [5.74, 6) is -0.882. The molecule has 0 aromatic rings. The van der Waals surface area contributed by atoms with Gasteiger partial charge in [-0.25, -0.2) is 0 Å². The van der Waals surface area contributed by atoms with E-state index in [0.717, 1.165) is 25.7 Å². The van der Waals surface area contributed by atoms with E-state index in [0.29, 0.717) is 12.1 Å². The van der Waals surface area contributed by atoms with Gasteiger partial charge in [0.2, 0.25) is 5.91 Å². The fraction of sp³-hybridized carbons (Fsp3) is 0.533. The first-order chi connectivity index (χ1) is 9.43. The SMILES string of the molecule is C=C(O)/C(O)=C\C(=C/CC)NC(=O)C1CCC(N)CC1. The lowest BCUT2D eigenvalue weighted by Crippen LogP contribution is -2.35. The standard InChI is InChI=1S/C15H24N2O3/c1-3-4-13(9-14(19)10(2)18)17-15(20)11-5-7-12(16)8-6-11/h4,9,11-12,18-19H,2-3,5-8,16H2,1H3,(H,17,20)/b13-4+,14-9+. The summed E-state index contributed by atoms with van der Waals surface area (Å²) in [7, 11) is 0. The van der Waals surface area contributed by atoms with E-state index in [1.807, 2.05) is 6.92 Å². The Labute approximate surface area is 119 Å². The Kier molecular flexibility index (Phi) is 6.31. The van der Waals surface area contributed by atoms with Gasteiger partial charge in [-0.15, -0.1) is 0 Å². The maximum Gasteiger partial charge on any atom is 0.227 e. The molecule has 0 spiro atoms. The van der Waals surface area contributed by atoms with Gasteiger partial charge in [0.25, 0.3) is 0 Å². The molecule has 0 aromatic carbocycles. The molecule has 1 saturated carbocycles. The summed E-state index contributed by atoms with van der Waals surface area (Å²) < 4.78 is 0. The van der Waals surface area contributed by atoms with E-state index in [9.17, 15) is 9.90 Å². The van der Waals surface area contributed by atoms with Gasteiger partial charge in [0, 0.05) is 23.7 Å². The highest BCUT2D eigenvalue weighted by atomic mass is 16.3. The summed E-state index contributed by atoms with van der Waals surface area (Å²) in [5.41, 5.74) is 6.29. The largest absolute Gasteiger partial charge is 0.505 e. The number of amides is 1. The van der Waals surface area contributed by atoms with Crippen molar-refractivity contribution in [1.29, 1.82) is 0 Å². The Bertz CT molecular complexity index is 419. The van der Waals surface area contributed by atoms with Crippen LogP contribution in [0.2, 0.25) is 0 Å². The molecule has 1 fully saturated rings. The second kappa shape index (κ2) is 7.75.